The van der Waals surface area contributed by atoms with Crippen LogP contribution in [0.15, 0.2) is 36.4 Å². The third kappa shape index (κ3) is 3.68. The van der Waals surface area contributed by atoms with Crippen LogP contribution in [0.25, 0.3) is 0 Å². The number of primary amides is 1. The molecule has 1 heterocycles. The molecule has 0 saturated heterocycles. The van der Waals surface area contributed by atoms with Gasteiger partial charge in [0.15, 0.2) is 0 Å². The molecule has 2 amide bonds. The number of aryl methyl sites for hydroxylation is 1. The van der Waals surface area contributed by atoms with Crippen LogP contribution in [0.5, 0.6) is 0 Å². The molecule has 0 fully saturated rings. The lowest BCUT2D eigenvalue weighted by atomic mass is 10.1. The van der Waals surface area contributed by atoms with Crippen molar-refractivity contribution in [3.8, 4) is 0 Å². The molecule has 110 valence electrons. The first kappa shape index (κ1) is 14.8. The Bertz CT molecular complexity index is 622. The molecule has 0 saturated carbocycles. The Balaban J connectivity index is 2.13. The van der Waals surface area contributed by atoms with E-state index in [4.69, 9.17) is 5.73 Å². The summed E-state index contributed by atoms with van der Waals surface area (Å²) in [6, 6.07) is 9.68. The van der Waals surface area contributed by atoms with E-state index in [2.05, 4.69) is 15.5 Å². The van der Waals surface area contributed by atoms with Gasteiger partial charge in [-0.2, -0.15) is 5.10 Å². The number of amides is 2. The number of aromatic amines is 1. The second kappa shape index (κ2) is 6.69. The molecule has 6 nitrogen and oxygen atoms in total. The van der Waals surface area contributed by atoms with E-state index in [1.807, 2.05) is 13.0 Å². The predicted molar refractivity (Wildman–Crippen MR) is 78.4 cm³/mol. The van der Waals surface area contributed by atoms with Crippen molar-refractivity contribution in [3.05, 3.63) is 53.3 Å². The Hall–Kier alpha value is -2.63. The molecule has 1 aromatic carbocycles. The zero-order valence-electron chi connectivity index (χ0n) is 11.8. The van der Waals surface area contributed by atoms with Crippen molar-refractivity contribution in [2.45, 2.75) is 25.8 Å². The summed E-state index contributed by atoms with van der Waals surface area (Å²) in [5.41, 5.74) is 7.15. The lowest BCUT2D eigenvalue weighted by Gasteiger charge is -2.14. The summed E-state index contributed by atoms with van der Waals surface area (Å²) in [5, 5.41) is 9.36. The first-order valence-electron chi connectivity index (χ1n) is 6.81. The summed E-state index contributed by atoms with van der Waals surface area (Å²) in [4.78, 5) is 23.7. The van der Waals surface area contributed by atoms with Gasteiger partial charge in [0.1, 0.15) is 11.7 Å². The highest BCUT2D eigenvalue weighted by Gasteiger charge is 2.21. The third-order valence-electron chi connectivity index (χ3n) is 3.08. The Labute approximate surface area is 122 Å². The minimum atomic E-state index is -0.870. The molecule has 0 radical (unpaired) electrons. The summed E-state index contributed by atoms with van der Waals surface area (Å²) in [5.74, 6) is -1.04. The topological polar surface area (TPSA) is 101 Å². The Morgan fingerprint density at radius 1 is 1.33 bits per heavy atom. The second-order valence-corrected chi connectivity index (χ2v) is 4.75. The molecule has 0 spiro atoms. The molecule has 1 unspecified atom stereocenters. The van der Waals surface area contributed by atoms with Gasteiger partial charge in [0.25, 0.3) is 5.91 Å². The average Bonchev–Trinajstić information content (AvgIpc) is 2.94. The van der Waals surface area contributed by atoms with Crippen LogP contribution >= 0.6 is 0 Å². The predicted octanol–water partition coefficient (Wildman–Crippen LogP) is 1.32. The molecular formula is C15H18N4O2. The van der Waals surface area contributed by atoms with Crippen molar-refractivity contribution in [1.82, 2.24) is 15.5 Å². The highest BCUT2D eigenvalue weighted by molar-refractivity contribution is 5.96. The van der Waals surface area contributed by atoms with Gasteiger partial charge in [0, 0.05) is 5.69 Å². The minimum absolute atomic E-state index is 0.251. The van der Waals surface area contributed by atoms with Crippen LogP contribution in [0.1, 0.15) is 41.1 Å². The number of nitrogens with zero attached hydrogens (tertiary/aromatic N) is 1. The van der Waals surface area contributed by atoms with Crippen LogP contribution in [0.3, 0.4) is 0 Å². The Kier molecular flexibility index (Phi) is 4.71. The van der Waals surface area contributed by atoms with Gasteiger partial charge >= 0.3 is 0 Å². The van der Waals surface area contributed by atoms with Gasteiger partial charge in [-0.15, -0.1) is 0 Å². The third-order valence-corrected chi connectivity index (χ3v) is 3.08. The fraction of sp³-hybridized carbons (Fsp3) is 0.267. The highest BCUT2D eigenvalue weighted by atomic mass is 16.2. The van der Waals surface area contributed by atoms with Gasteiger partial charge in [-0.3, -0.25) is 14.7 Å². The Morgan fingerprint density at radius 2 is 2.05 bits per heavy atom. The number of benzene rings is 1. The highest BCUT2D eigenvalue weighted by Crippen LogP contribution is 2.13. The number of aromatic nitrogens is 2. The summed E-state index contributed by atoms with van der Waals surface area (Å²) < 4.78 is 0. The fourth-order valence-corrected chi connectivity index (χ4v) is 2.04. The van der Waals surface area contributed by atoms with Gasteiger partial charge < -0.3 is 11.1 Å². The lowest BCUT2D eigenvalue weighted by molar-refractivity contribution is -0.120. The van der Waals surface area contributed by atoms with E-state index < -0.39 is 17.9 Å². The van der Waals surface area contributed by atoms with E-state index in [0.717, 1.165) is 18.5 Å². The molecule has 21 heavy (non-hydrogen) atoms. The summed E-state index contributed by atoms with van der Waals surface area (Å²) in [6.45, 7) is 2.04. The number of hydrogen-bond acceptors (Lipinski definition) is 3. The monoisotopic (exact) mass is 286 g/mol. The van der Waals surface area contributed by atoms with Crippen LogP contribution in [-0.4, -0.2) is 22.0 Å². The Morgan fingerprint density at radius 3 is 2.67 bits per heavy atom. The van der Waals surface area contributed by atoms with Crippen molar-refractivity contribution in [2.24, 2.45) is 5.73 Å². The standard InChI is InChI=1S/C15H18N4O2/c1-2-6-11-9-12(19-18-11)15(21)17-13(14(16)20)10-7-4-3-5-8-10/h3-5,7-9,13H,2,6H2,1H3,(H2,16,20)(H,17,21)(H,18,19). The SMILES string of the molecule is CCCc1cc(C(=O)NC(C(N)=O)c2ccccc2)n[nH]1. The number of hydrogen-bond donors (Lipinski definition) is 3. The van der Waals surface area contributed by atoms with Gasteiger partial charge in [-0.25, -0.2) is 0 Å². The molecule has 4 N–H and O–H groups in total. The van der Waals surface area contributed by atoms with Crippen LogP contribution in [0.4, 0.5) is 0 Å². The molecule has 2 aromatic rings. The minimum Gasteiger partial charge on any atom is -0.368 e. The van der Waals surface area contributed by atoms with Gasteiger partial charge in [0.05, 0.1) is 0 Å². The number of carbonyl (C=O) groups excluding carboxylic acids is 2. The number of carbonyl (C=O) groups is 2. The number of rotatable bonds is 6. The van der Waals surface area contributed by atoms with Gasteiger partial charge in [-0.1, -0.05) is 43.7 Å². The average molecular weight is 286 g/mol. The van der Waals surface area contributed by atoms with Crippen LogP contribution in [0, 0.1) is 0 Å². The first-order valence-corrected chi connectivity index (χ1v) is 6.81. The summed E-state index contributed by atoms with van der Waals surface area (Å²) in [7, 11) is 0. The number of nitrogens with one attached hydrogen (secondary N) is 2. The molecule has 6 heteroatoms. The molecule has 2 rings (SSSR count). The van der Waals surface area contributed by atoms with Crippen LogP contribution < -0.4 is 11.1 Å². The van der Waals surface area contributed by atoms with Crippen molar-refractivity contribution < 1.29 is 9.59 Å². The maximum atomic E-state index is 12.1. The maximum Gasteiger partial charge on any atom is 0.272 e. The number of nitrogens with two attached hydrogens (primary N) is 1. The summed E-state index contributed by atoms with van der Waals surface area (Å²) >= 11 is 0. The molecule has 1 aromatic heterocycles. The van der Waals surface area contributed by atoms with E-state index in [0.29, 0.717) is 5.56 Å². The summed E-state index contributed by atoms with van der Waals surface area (Å²) in [6.07, 6.45) is 1.77. The van der Waals surface area contributed by atoms with E-state index in [9.17, 15) is 9.59 Å². The van der Waals surface area contributed by atoms with E-state index in [-0.39, 0.29) is 5.69 Å². The van der Waals surface area contributed by atoms with E-state index in [1.54, 1.807) is 30.3 Å². The molecular weight excluding hydrogens is 268 g/mol. The van der Waals surface area contributed by atoms with Crippen molar-refractivity contribution in [2.75, 3.05) is 0 Å². The zero-order valence-corrected chi connectivity index (χ0v) is 11.8. The van der Waals surface area contributed by atoms with Crippen molar-refractivity contribution in [3.63, 3.8) is 0 Å². The lowest BCUT2D eigenvalue weighted by Crippen LogP contribution is -2.37. The van der Waals surface area contributed by atoms with E-state index >= 15 is 0 Å². The fourth-order valence-electron chi connectivity index (χ4n) is 2.04. The smallest absolute Gasteiger partial charge is 0.272 e. The maximum absolute atomic E-state index is 12.1. The molecule has 0 aliphatic carbocycles. The van der Waals surface area contributed by atoms with Gasteiger partial charge in [0.2, 0.25) is 5.91 Å². The normalized spacial score (nSPS) is 11.9. The van der Waals surface area contributed by atoms with E-state index in [1.165, 1.54) is 0 Å². The molecule has 0 aliphatic heterocycles. The van der Waals surface area contributed by atoms with Crippen LogP contribution in [0.2, 0.25) is 0 Å². The van der Waals surface area contributed by atoms with Gasteiger partial charge in [-0.05, 0) is 18.1 Å². The molecule has 1 atom stereocenters. The quantitative estimate of drug-likeness (QED) is 0.746. The molecule has 0 aliphatic rings. The zero-order chi connectivity index (χ0) is 15.2. The van der Waals surface area contributed by atoms with Crippen molar-refractivity contribution in [1.29, 1.82) is 0 Å². The molecule has 0 bridgehead atoms. The first-order chi connectivity index (χ1) is 10.1. The van der Waals surface area contributed by atoms with Crippen molar-refractivity contribution >= 4 is 11.8 Å². The second-order valence-electron chi connectivity index (χ2n) is 4.75. The largest absolute Gasteiger partial charge is 0.368 e. The number of H-pyrrole nitrogens is 1. The van der Waals surface area contributed by atoms with Crippen LogP contribution in [-0.2, 0) is 11.2 Å².